The molecule has 3 heterocycles. The predicted molar refractivity (Wildman–Crippen MR) is 91.8 cm³/mol. The van der Waals surface area contributed by atoms with E-state index >= 15 is 0 Å². The van der Waals surface area contributed by atoms with Crippen LogP contribution in [0.25, 0.3) is 0 Å². The minimum Gasteiger partial charge on any atom is -0.341 e. The highest BCUT2D eigenvalue weighted by Crippen LogP contribution is 2.22. The highest BCUT2D eigenvalue weighted by molar-refractivity contribution is 5.85. The first kappa shape index (κ1) is 18.3. The molecule has 3 saturated heterocycles. The molecule has 2 atom stereocenters. The van der Waals surface area contributed by atoms with Gasteiger partial charge in [0, 0.05) is 45.8 Å². The lowest BCUT2D eigenvalue weighted by molar-refractivity contribution is -0.137. The van der Waals surface area contributed by atoms with Crippen molar-refractivity contribution < 1.29 is 9.59 Å². The Kier molecular flexibility index (Phi) is 6.53. The largest absolute Gasteiger partial charge is 0.341 e. The Morgan fingerprint density at radius 2 is 1.74 bits per heavy atom. The average Bonchev–Trinajstić information content (AvgIpc) is 3.25. The molecule has 0 saturated carbocycles. The number of likely N-dealkylation sites (tertiary alicyclic amines) is 2. The molecule has 0 aromatic heterocycles. The molecule has 0 aliphatic carbocycles. The Bertz CT molecular complexity index is 422. The van der Waals surface area contributed by atoms with Gasteiger partial charge >= 0.3 is 6.03 Å². The zero-order chi connectivity index (χ0) is 15.5. The van der Waals surface area contributed by atoms with E-state index in [9.17, 15) is 9.59 Å². The molecule has 3 amide bonds. The summed E-state index contributed by atoms with van der Waals surface area (Å²) in [5.41, 5.74) is 0. The Morgan fingerprint density at radius 1 is 1.04 bits per heavy atom. The summed E-state index contributed by atoms with van der Waals surface area (Å²) in [6, 6.07) is 0.456. The second-order valence-corrected chi connectivity index (χ2v) is 6.86. The number of likely N-dealkylation sites (N-methyl/N-ethyl adjacent to an activating group) is 1. The maximum atomic E-state index is 12.7. The normalized spacial score (nSPS) is 27.7. The lowest BCUT2D eigenvalue weighted by atomic mass is 9.96. The summed E-state index contributed by atoms with van der Waals surface area (Å²) < 4.78 is 0. The summed E-state index contributed by atoms with van der Waals surface area (Å²) in [4.78, 5) is 31.0. The lowest BCUT2D eigenvalue weighted by Crippen LogP contribution is -2.51. The summed E-state index contributed by atoms with van der Waals surface area (Å²) in [5.74, 6) is 0.193. The third-order valence-electron chi connectivity index (χ3n) is 5.35. The van der Waals surface area contributed by atoms with Crippen molar-refractivity contribution in [3.05, 3.63) is 0 Å². The number of amides is 3. The van der Waals surface area contributed by atoms with Crippen molar-refractivity contribution in [1.29, 1.82) is 0 Å². The molecule has 0 radical (unpaired) electrons. The fourth-order valence-electron chi connectivity index (χ4n) is 3.90. The van der Waals surface area contributed by atoms with Crippen LogP contribution in [0.1, 0.15) is 32.1 Å². The molecule has 3 rings (SSSR count). The second kappa shape index (κ2) is 8.20. The molecule has 0 aromatic rings. The molecular formula is C16H29ClN4O2. The third kappa shape index (κ3) is 4.10. The van der Waals surface area contributed by atoms with Crippen molar-refractivity contribution in [2.75, 3.05) is 46.3 Å². The number of urea groups is 1. The van der Waals surface area contributed by atoms with Gasteiger partial charge < -0.3 is 20.0 Å². The standard InChI is InChI=1S/C16H28N4O2.ClH/c1-18(14-6-7-17-11-14)15(21)13-5-4-10-20(12-13)16(22)19-8-2-3-9-19;/h13-14,17H,2-12H2,1H3;1H. The zero-order valence-corrected chi connectivity index (χ0v) is 14.8. The first-order valence-corrected chi connectivity index (χ1v) is 8.68. The van der Waals surface area contributed by atoms with E-state index in [0.717, 1.165) is 64.8 Å². The maximum Gasteiger partial charge on any atom is 0.320 e. The number of piperidine rings is 1. The molecule has 2 unspecified atom stereocenters. The third-order valence-corrected chi connectivity index (χ3v) is 5.35. The molecular weight excluding hydrogens is 316 g/mol. The van der Waals surface area contributed by atoms with Crippen LogP contribution in [0.4, 0.5) is 4.79 Å². The van der Waals surface area contributed by atoms with Gasteiger partial charge in [-0.3, -0.25) is 4.79 Å². The number of halogens is 1. The van der Waals surface area contributed by atoms with Crippen LogP contribution in [-0.2, 0) is 4.79 Å². The molecule has 6 nitrogen and oxygen atoms in total. The SMILES string of the molecule is CN(C(=O)C1CCCN(C(=O)N2CCCC2)C1)C1CCNC1.Cl. The van der Waals surface area contributed by atoms with Crippen LogP contribution >= 0.6 is 12.4 Å². The van der Waals surface area contributed by atoms with Crippen molar-refractivity contribution in [2.24, 2.45) is 5.92 Å². The van der Waals surface area contributed by atoms with Crippen LogP contribution in [0.15, 0.2) is 0 Å². The van der Waals surface area contributed by atoms with E-state index < -0.39 is 0 Å². The van der Waals surface area contributed by atoms with Gasteiger partial charge in [-0.2, -0.15) is 0 Å². The van der Waals surface area contributed by atoms with Crippen molar-refractivity contribution in [2.45, 2.75) is 38.1 Å². The molecule has 1 N–H and O–H groups in total. The molecule has 132 valence electrons. The lowest BCUT2D eigenvalue weighted by Gasteiger charge is -2.37. The minimum absolute atomic E-state index is 0. The van der Waals surface area contributed by atoms with Gasteiger partial charge in [0.05, 0.1) is 5.92 Å². The minimum atomic E-state index is -0.0223. The van der Waals surface area contributed by atoms with Crippen LogP contribution in [-0.4, -0.2) is 79.0 Å². The fraction of sp³-hybridized carbons (Fsp3) is 0.875. The zero-order valence-electron chi connectivity index (χ0n) is 14.0. The van der Waals surface area contributed by atoms with Crippen LogP contribution in [0, 0.1) is 5.92 Å². The molecule has 0 spiro atoms. The van der Waals surface area contributed by atoms with Gasteiger partial charge in [-0.15, -0.1) is 12.4 Å². The molecule has 23 heavy (non-hydrogen) atoms. The van der Waals surface area contributed by atoms with Crippen molar-refractivity contribution >= 4 is 24.3 Å². The van der Waals surface area contributed by atoms with E-state index in [1.165, 1.54) is 0 Å². The molecule has 3 aliphatic rings. The predicted octanol–water partition coefficient (Wildman–Crippen LogP) is 1.16. The van der Waals surface area contributed by atoms with Gasteiger partial charge in [0.25, 0.3) is 0 Å². The number of carbonyl (C=O) groups is 2. The fourth-order valence-corrected chi connectivity index (χ4v) is 3.90. The molecule has 7 heteroatoms. The summed E-state index contributed by atoms with van der Waals surface area (Å²) in [6.07, 6.45) is 5.10. The van der Waals surface area contributed by atoms with Crippen LogP contribution < -0.4 is 5.32 Å². The Morgan fingerprint density at radius 3 is 2.39 bits per heavy atom. The Labute approximate surface area is 145 Å². The van der Waals surface area contributed by atoms with E-state index in [2.05, 4.69) is 5.32 Å². The van der Waals surface area contributed by atoms with E-state index in [1.54, 1.807) is 0 Å². The van der Waals surface area contributed by atoms with E-state index in [0.29, 0.717) is 12.6 Å². The first-order valence-electron chi connectivity index (χ1n) is 8.68. The van der Waals surface area contributed by atoms with Gasteiger partial charge in [0.2, 0.25) is 5.91 Å². The number of rotatable bonds is 2. The summed E-state index contributed by atoms with van der Waals surface area (Å²) >= 11 is 0. The van der Waals surface area contributed by atoms with Gasteiger partial charge in [0.15, 0.2) is 0 Å². The average molecular weight is 345 g/mol. The number of nitrogens with one attached hydrogen (secondary N) is 1. The summed E-state index contributed by atoms with van der Waals surface area (Å²) in [6.45, 7) is 5.04. The van der Waals surface area contributed by atoms with Crippen molar-refractivity contribution in [3.8, 4) is 0 Å². The monoisotopic (exact) mass is 344 g/mol. The second-order valence-electron chi connectivity index (χ2n) is 6.86. The molecule has 0 aromatic carbocycles. The van der Waals surface area contributed by atoms with Gasteiger partial charge in [-0.05, 0) is 38.6 Å². The molecule has 3 fully saturated rings. The van der Waals surface area contributed by atoms with Crippen molar-refractivity contribution in [1.82, 2.24) is 20.0 Å². The smallest absolute Gasteiger partial charge is 0.320 e. The van der Waals surface area contributed by atoms with Crippen molar-refractivity contribution in [3.63, 3.8) is 0 Å². The number of hydrogen-bond acceptors (Lipinski definition) is 3. The van der Waals surface area contributed by atoms with Gasteiger partial charge in [0.1, 0.15) is 0 Å². The van der Waals surface area contributed by atoms with Gasteiger partial charge in [-0.1, -0.05) is 0 Å². The Balaban J connectivity index is 0.00000192. The van der Waals surface area contributed by atoms with E-state index in [1.807, 2.05) is 21.7 Å². The maximum absolute atomic E-state index is 12.7. The van der Waals surface area contributed by atoms with E-state index in [4.69, 9.17) is 0 Å². The quantitative estimate of drug-likeness (QED) is 0.817. The van der Waals surface area contributed by atoms with E-state index in [-0.39, 0.29) is 30.3 Å². The number of hydrogen-bond donors (Lipinski definition) is 1. The molecule has 3 aliphatic heterocycles. The van der Waals surface area contributed by atoms with Crippen LogP contribution in [0.5, 0.6) is 0 Å². The summed E-state index contributed by atoms with van der Waals surface area (Å²) in [7, 11) is 1.92. The highest BCUT2D eigenvalue weighted by atomic mass is 35.5. The first-order chi connectivity index (χ1) is 10.7. The number of carbonyl (C=O) groups excluding carboxylic acids is 2. The molecule has 0 bridgehead atoms. The summed E-state index contributed by atoms with van der Waals surface area (Å²) in [5, 5.41) is 3.31. The Hall–Kier alpha value is -1.01. The van der Waals surface area contributed by atoms with Crippen LogP contribution in [0.2, 0.25) is 0 Å². The highest BCUT2D eigenvalue weighted by Gasteiger charge is 2.34. The number of nitrogens with zero attached hydrogens (tertiary/aromatic N) is 3. The topological polar surface area (TPSA) is 55.9 Å². The van der Waals surface area contributed by atoms with Gasteiger partial charge in [-0.25, -0.2) is 4.79 Å². The van der Waals surface area contributed by atoms with Crippen LogP contribution in [0.3, 0.4) is 0 Å².